The fourth-order valence-electron chi connectivity index (χ4n) is 1.66. The molecule has 2 aromatic heterocycles. The molecule has 3 nitrogen and oxygen atoms in total. The number of aromatic amines is 1. The van der Waals surface area contributed by atoms with Gasteiger partial charge in [-0.05, 0) is 12.0 Å². The zero-order chi connectivity index (χ0) is 11.0. The second-order valence-corrected chi connectivity index (χ2v) is 4.51. The molecule has 0 amide bonds. The molecule has 0 aliphatic carbocycles. The molecule has 0 radical (unpaired) electrons. The number of rotatable bonds is 2. The van der Waals surface area contributed by atoms with E-state index in [2.05, 4.69) is 42.6 Å². The summed E-state index contributed by atoms with van der Waals surface area (Å²) in [6.45, 7) is 8.56. The number of fused-ring (bicyclic) bond motifs is 1. The minimum Gasteiger partial charge on any atom is -0.358 e. The summed E-state index contributed by atoms with van der Waals surface area (Å²) in [6, 6.07) is 2.01. The van der Waals surface area contributed by atoms with Gasteiger partial charge in [0.25, 0.3) is 0 Å². The third-order valence-corrected chi connectivity index (χ3v) is 2.51. The average molecular weight is 203 g/mol. The van der Waals surface area contributed by atoms with Crippen LogP contribution in [-0.2, 0) is 0 Å². The van der Waals surface area contributed by atoms with Crippen LogP contribution in [0.5, 0.6) is 0 Å². The van der Waals surface area contributed by atoms with Crippen molar-refractivity contribution in [2.24, 2.45) is 0 Å². The van der Waals surface area contributed by atoms with E-state index in [1.165, 1.54) is 0 Å². The molecule has 0 atom stereocenters. The van der Waals surface area contributed by atoms with Crippen LogP contribution in [0.2, 0.25) is 0 Å². The standard InChI is InChI=1S/C12H17N3/c1-7(2)10-11-9(5-6-13-11)14-12(15-10)8(3)4/h5-8,13H,1-4H3. The maximum absolute atomic E-state index is 4.63. The van der Waals surface area contributed by atoms with Crippen LogP contribution in [0.3, 0.4) is 0 Å². The maximum atomic E-state index is 4.63. The van der Waals surface area contributed by atoms with Crippen LogP contribution in [0.15, 0.2) is 12.3 Å². The molecule has 0 fully saturated rings. The highest BCUT2D eigenvalue weighted by Crippen LogP contribution is 2.23. The van der Waals surface area contributed by atoms with Crippen molar-refractivity contribution in [1.29, 1.82) is 0 Å². The highest BCUT2D eigenvalue weighted by Gasteiger charge is 2.13. The van der Waals surface area contributed by atoms with E-state index in [0.29, 0.717) is 11.8 Å². The van der Waals surface area contributed by atoms with Crippen LogP contribution >= 0.6 is 0 Å². The van der Waals surface area contributed by atoms with Crippen molar-refractivity contribution in [2.45, 2.75) is 39.5 Å². The SMILES string of the molecule is CC(C)c1nc(C(C)C)c2[nH]ccc2n1. The first-order chi connectivity index (χ1) is 7.09. The van der Waals surface area contributed by atoms with E-state index in [0.717, 1.165) is 22.6 Å². The molecular weight excluding hydrogens is 186 g/mol. The molecular formula is C12H17N3. The monoisotopic (exact) mass is 203 g/mol. The zero-order valence-electron chi connectivity index (χ0n) is 9.70. The Morgan fingerprint density at radius 2 is 1.80 bits per heavy atom. The largest absolute Gasteiger partial charge is 0.358 e. The van der Waals surface area contributed by atoms with Gasteiger partial charge in [0.1, 0.15) is 5.82 Å². The molecule has 2 aromatic rings. The average Bonchev–Trinajstić information content (AvgIpc) is 2.62. The van der Waals surface area contributed by atoms with Gasteiger partial charge in [-0.1, -0.05) is 27.7 Å². The molecule has 0 aliphatic heterocycles. The molecule has 0 aliphatic rings. The van der Waals surface area contributed by atoms with Crippen molar-refractivity contribution in [3.8, 4) is 0 Å². The summed E-state index contributed by atoms with van der Waals surface area (Å²) >= 11 is 0. The molecule has 2 heterocycles. The first-order valence-electron chi connectivity index (χ1n) is 5.44. The Hall–Kier alpha value is -1.38. The van der Waals surface area contributed by atoms with Gasteiger partial charge in [-0.15, -0.1) is 0 Å². The van der Waals surface area contributed by atoms with Crippen molar-refractivity contribution in [3.05, 3.63) is 23.8 Å². The minimum atomic E-state index is 0.377. The molecule has 0 spiro atoms. The lowest BCUT2D eigenvalue weighted by Gasteiger charge is -2.10. The Bertz CT molecular complexity index is 469. The fourth-order valence-corrected chi connectivity index (χ4v) is 1.66. The van der Waals surface area contributed by atoms with Crippen molar-refractivity contribution >= 4 is 11.0 Å². The van der Waals surface area contributed by atoms with Gasteiger partial charge in [-0.25, -0.2) is 9.97 Å². The molecule has 0 unspecified atom stereocenters. The van der Waals surface area contributed by atoms with Crippen LogP contribution in [0.4, 0.5) is 0 Å². The molecule has 0 saturated heterocycles. The Kier molecular flexibility index (Phi) is 2.47. The Morgan fingerprint density at radius 1 is 1.07 bits per heavy atom. The zero-order valence-corrected chi connectivity index (χ0v) is 9.70. The topological polar surface area (TPSA) is 41.6 Å². The number of aromatic nitrogens is 3. The predicted octanol–water partition coefficient (Wildman–Crippen LogP) is 3.20. The minimum absolute atomic E-state index is 0.377. The maximum Gasteiger partial charge on any atom is 0.131 e. The molecule has 80 valence electrons. The van der Waals surface area contributed by atoms with Crippen molar-refractivity contribution < 1.29 is 0 Å². The summed E-state index contributed by atoms with van der Waals surface area (Å²) in [5, 5.41) is 0. The van der Waals surface area contributed by atoms with Crippen LogP contribution in [0, 0.1) is 0 Å². The van der Waals surface area contributed by atoms with Crippen LogP contribution in [0.25, 0.3) is 11.0 Å². The fraction of sp³-hybridized carbons (Fsp3) is 0.500. The normalized spacial score (nSPS) is 11.9. The first kappa shape index (κ1) is 10.1. The third-order valence-electron chi connectivity index (χ3n) is 2.51. The summed E-state index contributed by atoms with van der Waals surface area (Å²) in [5.74, 6) is 1.74. The van der Waals surface area contributed by atoms with Crippen LogP contribution in [0.1, 0.15) is 51.0 Å². The quantitative estimate of drug-likeness (QED) is 0.814. The van der Waals surface area contributed by atoms with E-state index < -0.39 is 0 Å². The lowest BCUT2D eigenvalue weighted by atomic mass is 10.1. The number of H-pyrrole nitrogens is 1. The smallest absolute Gasteiger partial charge is 0.131 e. The van der Waals surface area contributed by atoms with E-state index in [1.807, 2.05) is 12.3 Å². The Morgan fingerprint density at radius 3 is 2.40 bits per heavy atom. The van der Waals surface area contributed by atoms with Gasteiger partial charge < -0.3 is 4.98 Å². The number of hydrogen-bond donors (Lipinski definition) is 1. The molecule has 0 bridgehead atoms. The van der Waals surface area contributed by atoms with Gasteiger partial charge in [0, 0.05) is 12.1 Å². The number of hydrogen-bond acceptors (Lipinski definition) is 2. The van der Waals surface area contributed by atoms with Gasteiger partial charge in [0.15, 0.2) is 0 Å². The molecule has 1 N–H and O–H groups in total. The molecule has 3 heteroatoms. The highest BCUT2D eigenvalue weighted by atomic mass is 14.9. The van der Waals surface area contributed by atoms with Crippen molar-refractivity contribution in [3.63, 3.8) is 0 Å². The van der Waals surface area contributed by atoms with Gasteiger partial charge in [0.05, 0.1) is 16.7 Å². The van der Waals surface area contributed by atoms with E-state index >= 15 is 0 Å². The van der Waals surface area contributed by atoms with E-state index in [4.69, 9.17) is 0 Å². The lowest BCUT2D eigenvalue weighted by molar-refractivity contribution is 0.742. The van der Waals surface area contributed by atoms with E-state index in [1.54, 1.807) is 0 Å². The second kappa shape index (κ2) is 3.65. The first-order valence-corrected chi connectivity index (χ1v) is 5.44. The van der Waals surface area contributed by atoms with Crippen molar-refractivity contribution in [2.75, 3.05) is 0 Å². The molecule has 0 aromatic carbocycles. The third kappa shape index (κ3) is 1.74. The molecule has 15 heavy (non-hydrogen) atoms. The summed E-state index contributed by atoms with van der Waals surface area (Å²) in [7, 11) is 0. The predicted molar refractivity (Wildman–Crippen MR) is 62.1 cm³/mol. The lowest BCUT2D eigenvalue weighted by Crippen LogP contribution is -2.03. The van der Waals surface area contributed by atoms with Gasteiger partial charge >= 0.3 is 0 Å². The summed E-state index contributed by atoms with van der Waals surface area (Å²) in [5.41, 5.74) is 3.22. The summed E-state index contributed by atoms with van der Waals surface area (Å²) in [4.78, 5) is 12.4. The molecule has 2 rings (SSSR count). The Balaban J connectivity index is 2.69. The summed E-state index contributed by atoms with van der Waals surface area (Å²) in [6.07, 6.45) is 1.93. The van der Waals surface area contributed by atoms with Crippen molar-refractivity contribution in [1.82, 2.24) is 15.0 Å². The van der Waals surface area contributed by atoms with E-state index in [9.17, 15) is 0 Å². The van der Waals surface area contributed by atoms with Gasteiger partial charge in [-0.2, -0.15) is 0 Å². The van der Waals surface area contributed by atoms with Gasteiger partial charge in [0.2, 0.25) is 0 Å². The number of nitrogens with zero attached hydrogens (tertiary/aromatic N) is 2. The number of nitrogens with one attached hydrogen (secondary N) is 1. The van der Waals surface area contributed by atoms with E-state index in [-0.39, 0.29) is 0 Å². The van der Waals surface area contributed by atoms with Gasteiger partial charge in [-0.3, -0.25) is 0 Å². The van der Waals surface area contributed by atoms with Crippen LogP contribution < -0.4 is 0 Å². The Labute approximate surface area is 90.0 Å². The second-order valence-electron chi connectivity index (χ2n) is 4.51. The molecule has 0 saturated carbocycles. The highest BCUT2D eigenvalue weighted by molar-refractivity contribution is 5.77. The van der Waals surface area contributed by atoms with Crippen LogP contribution in [-0.4, -0.2) is 15.0 Å². The summed E-state index contributed by atoms with van der Waals surface area (Å²) < 4.78 is 0.